The van der Waals surface area contributed by atoms with Crippen LogP contribution < -0.4 is 5.32 Å². The number of carbonyl (C=O) groups is 1. The van der Waals surface area contributed by atoms with E-state index >= 15 is 0 Å². The zero-order valence-electron chi connectivity index (χ0n) is 7.44. The number of Topliss-reactive ketones (excluding diaryl/α,β-unsaturated/α-hetero) is 1. The predicted molar refractivity (Wildman–Crippen MR) is 44.7 cm³/mol. The Labute approximate surface area is 71.8 Å². The van der Waals surface area contributed by atoms with Gasteiger partial charge >= 0.3 is 0 Å². The highest BCUT2D eigenvalue weighted by Gasteiger charge is 2.47. The first-order valence-corrected chi connectivity index (χ1v) is 4.19. The molecule has 1 unspecified atom stereocenters. The van der Waals surface area contributed by atoms with Crippen molar-refractivity contribution in [1.29, 1.82) is 0 Å². The Morgan fingerprint density at radius 3 is 2.58 bits per heavy atom. The molecule has 1 atom stereocenters. The van der Waals surface area contributed by atoms with Crippen molar-refractivity contribution in [2.45, 2.75) is 25.3 Å². The average molecular weight is 167 g/mol. The molecule has 1 aliphatic heterocycles. The van der Waals surface area contributed by atoms with Crippen molar-refractivity contribution in [3.05, 3.63) is 11.3 Å². The Kier molecular flexibility index (Phi) is 1.51. The lowest BCUT2D eigenvalue weighted by molar-refractivity contribution is -0.119. The minimum atomic E-state index is 0.114. The van der Waals surface area contributed by atoms with Crippen molar-refractivity contribution in [2.24, 2.45) is 0 Å². The summed E-state index contributed by atoms with van der Waals surface area (Å²) >= 11 is 0. The van der Waals surface area contributed by atoms with Crippen LogP contribution in [0.5, 0.6) is 0 Å². The minimum absolute atomic E-state index is 0.114. The highest BCUT2D eigenvalue weighted by atomic mass is 16.5. The van der Waals surface area contributed by atoms with Crippen LogP contribution in [0.4, 0.5) is 0 Å². The van der Waals surface area contributed by atoms with E-state index in [1.165, 1.54) is 0 Å². The van der Waals surface area contributed by atoms with Crippen LogP contribution in [0.3, 0.4) is 0 Å². The molecule has 0 aromatic heterocycles. The lowest BCUT2D eigenvalue weighted by Crippen LogP contribution is -2.28. The van der Waals surface area contributed by atoms with Gasteiger partial charge in [0.1, 0.15) is 0 Å². The molecule has 1 aliphatic carbocycles. The van der Waals surface area contributed by atoms with Crippen LogP contribution in [0.25, 0.3) is 0 Å². The molecule has 1 spiro atoms. The van der Waals surface area contributed by atoms with E-state index < -0.39 is 0 Å². The summed E-state index contributed by atoms with van der Waals surface area (Å²) in [5.74, 6) is 0.723. The summed E-state index contributed by atoms with van der Waals surface area (Å²) in [6.45, 7) is 2.95. The molecule has 0 aromatic rings. The summed E-state index contributed by atoms with van der Waals surface area (Å²) in [6.07, 6.45) is 1.56. The predicted octanol–water partition coefficient (Wildman–Crippen LogP) is 0.612. The summed E-state index contributed by atoms with van der Waals surface area (Å²) < 4.78 is 5.04. The van der Waals surface area contributed by atoms with Crippen molar-refractivity contribution in [2.75, 3.05) is 13.7 Å². The first-order valence-electron chi connectivity index (χ1n) is 4.19. The zero-order chi connectivity index (χ0) is 8.77. The fourth-order valence-electron chi connectivity index (χ4n) is 1.94. The third-order valence-corrected chi connectivity index (χ3v) is 2.62. The van der Waals surface area contributed by atoms with Gasteiger partial charge in [-0.3, -0.25) is 4.79 Å². The average Bonchev–Trinajstić information content (AvgIpc) is 2.68. The molecule has 0 bridgehead atoms. The quantitative estimate of drug-likeness (QED) is 0.582. The molecule has 2 aliphatic rings. The van der Waals surface area contributed by atoms with Gasteiger partial charge in [0, 0.05) is 18.5 Å². The van der Waals surface area contributed by atoms with Gasteiger partial charge in [-0.15, -0.1) is 0 Å². The largest absolute Gasteiger partial charge is 0.493 e. The van der Waals surface area contributed by atoms with Crippen LogP contribution in [0, 0.1) is 0 Å². The van der Waals surface area contributed by atoms with Gasteiger partial charge in [-0.2, -0.15) is 0 Å². The van der Waals surface area contributed by atoms with E-state index in [-0.39, 0.29) is 11.3 Å². The smallest absolute Gasteiger partial charge is 0.199 e. The molecule has 0 radical (unpaired) electrons. The molecule has 1 fully saturated rings. The van der Waals surface area contributed by atoms with E-state index in [1.54, 1.807) is 7.11 Å². The van der Waals surface area contributed by atoms with Crippen LogP contribution in [-0.2, 0) is 9.53 Å². The Morgan fingerprint density at radius 2 is 2.17 bits per heavy atom. The lowest BCUT2D eigenvalue weighted by atomic mass is 9.87. The second kappa shape index (κ2) is 2.33. The monoisotopic (exact) mass is 167 g/mol. The first kappa shape index (κ1) is 7.80. The molecular weight excluding hydrogens is 154 g/mol. The third-order valence-electron chi connectivity index (χ3n) is 2.62. The molecule has 1 heterocycles. The van der Waals surface area contributed by atoms with Crippen LogP contribution >= 0.6 is 0 Å². The van der Waals surface area contributed by atoms with Crippen molar-refractivity contribution >= 4 is 5.78 Å². The van der Waals surface area contributed by atoms with Gasteiger partial charge in [0.15, 0.2) is 11.5 Å². The van der Waals surface area contributed by atoms with E-state index in [2.05, 4.69) is 5.32 Å². The molecule has 66 valence electrons. The highest BCUT2D eigenvalue weighted by molar-refractivity contribution is 5.96. The number of hydrogen-bond donors (Lipinski definition) is 1. The number of ketones is 1. The molecule has 1 N–H and O–H groups in total. The topological polar surface area (TPSA) is 48.2 Å². The minimum Gasteiger partial charge on any atom is -0.493 e. The molecular formula is C9H13NO2. The number of hydrogen-bond acceptors (Lipinski definition) is 3. The second-order valence-electron chi connectivity index (χ2n) is 3.72. The summed E-state index contributed by atoms with van der Waals surface area (Å²) in [4.78, 5) is 11.5. The molecule has 1 saturated heterocycles. The maximum atomic E-state index is 11.5. The van der Waals surface area contributed by atoms with Crippen LogP contribution in [0.1, 0.15) is 19.8 Å². The second-order valence-corrected chi connectivity index (χ2v) is 3.72. The Balaban J connectivity index is 2.27. The van der Waals surface area contributed by atoms with E-state index in [9.17, 15) is 4.79 Å². The first-order chi connectivity index (χ1) is 5.67. The number of nitrogens with one attached hydrogen (secondary N) is 1. The van der Waals surface area contributed by atoms with Crippen molar-refractivity contribution in [3.63, 3.8) is 0 Å². The van der Waals surface area contributed by atoms with Gasteiger partial charge in [0.25, 0.3) is 0 Å². The number of ether oxygens (including phenoxy) is 1. The molecule has 2 rings (SSSR count). The van der Waals surface area contributed by atoms with Crippen molar-refractivity contribution < 1.29 is 9.53 Å². The van der Waals surface area contributed by atoms with Gasteiger partial charge in [0.2, 0.25) is 0 Å². The molecule has 12 heavy (non-hydrogen) atoms. The fraction of sp³-hybridized carbons (Fsp3) is 0.667. The summed E-state index contributed by atoms with van der Waals surface area (Å²) in [7, 11) is 1.56. The zero-order valence-corrected chi connectivity index (χ0v) is 7.44. The van der Waals surface area contributed by atoms with E-state index in [0.29, 0.717) is 12.2 Å². The molecule has 0 aromatic carbocycles. The molecule has 0 amide bonds. The highest BCUT2D eigenvalue weighted by Crippen LogP contribution is 2.36. The van der Waals surface area contributed by atoms with Crippen LogP contribution in [0.2, 0.25) is 0 Å². The summed E-state index contributed by atoms with van der Waals surface area (Å²) in [6, 6.07) is 0. The summed E-state index contributed by atoms with van der Waals surface area (Å²) in [5.41, 5.74) is 1.20. The van der Waals surface area contributed by atoms with Crippen LogP contribution in [-0.4, -0.2) is 25.0 Å². The maximum absolute atomic E-state index is 11.5. The number of carbonyl (C=O) groups excluding carboxylic acids is 1. The Morgan fingerprint density at radius 1 is 1.50 bits per heavy atom. The standard InChI is InChI=1S/C9H13NO2/c1-6-3-9(5-10-9)4-7(11)8(6)12-2/h10H,3-5H2,1-2H3. The van der Waals surface area contributed by atoms with E-state index in [1.807, 2.05) is 6.92 Å². The van der Waals surface area contributed by atoms with Crippen LogP contribution in [0.15, 0.2) is 11.3 Å². The van der Waals surface area contributed by atoms with E-state index in [4.69, 9.17) is 4.74 Å². The van der Waals surface area contributed by atoms with Gasteiger partial charge in [-0.25, -0.2) is 0 Å². The number of rotatable bonds is 1. The summed E-state index contributed by atoms with van der Waals surface area (Å²) in [5, 5.41) is 3.24. The van der Waals surface area contributed by atoms with Crippen molar-refractivity contribution in [3.8, 4) is 0 Å². The van der Waals surface area contributed by atoms with Gasteiger partial charge in [0.05, 0.1) is 7.11 Å². The fourth-order valence-corrected chi connectivity index (χ4v) is 1.94. The van der Waals surface area contributed by atoms with Gasteiger partial charge in [-0.1, -0.05) is 0 Å². The van der Waals surface area contributed by atoms with Crippen molar-refractivity contribution in [1.82, 2.24) is 5.32 Å². The SMILES string of the molecule is COC1=C(C)CC2(CN2)CC1=O. The molecule has 3 nitrogen and oxygen atoms in total. The lowest BCUT2D eigenvalue weighted by Gasteiger charge is -2.21. The van der Waals surface area contributed by atoms with E-state index in [0.717, 1.165) is 18.5 Å². The van der Waals surface area contributed by atoms with Gasteiger partial charge in [-0.05, 0) is 18.9 Å². The number of allylic oxidation sites excluding steroid dienone is 1. The maximum Gasteiger partial charge on any atom is 0.199 e. The molecule has 0 saturated carbocycles. The van der Waals surface area contributed by atoms with Gasteiger partial charge < -0.3 is 10.1 Å². The normalized spacial score (nSPS) is 34.3. The third kappa shape index (κ3) is 1.05. The number of methoxy groups -OCH3 is 1. The molecule has 3 heteroatoms. The Hall–Kier alpha value is -0.830. The Bertz CT molecular complexity index is 264.